The molecule has 1 heterocycles. The smallest absolute Gasteiger partial charge is 0.0422 e. The number of hydrogen-bond acceptors (Lipinski definition) is 2. The number of rotatable bonds is 3. The number of aryl methyl sites for hydroxylation is 1. The van der Waals surface area contributed by atoms with Crippen molar-refractivity contribution in [1.82, 2.24) is 4.98 Å². The Morgan fingerprint density at radius 2 is 2.18 bits per heavy atom. The van der Waals surface area contributed by atoms with Gasteiger partial charge in [-0.3, -0.25) is 4.98 Å². The van der Waals surface area contributed by atoms with Gasteiger partial charge < -0.3 is 5.32 Å². The lowest BCUT2D eigenvalue weighted by Gasteiger charge is -2.08. The molecule has 0 fully saturated rings. The Morgan fingerprint density at radius 1 is 1.29 bits per heavy atom. The predicted molar refractivity (Wildman–Crippen MR) is 70.7 cm³/mol. The minimum absolute atomic E-state index is 0.758. The Morgan fingerprint density at radius 3 is 2.94 bits per heavy atom. The third kappa shape index (κ3) is 2.85. The maximum atomic E-state index is 5.36. The molecule has 2 aromatic rings. The second-order valence-electron chi connectivity index (χ2n) is 3.83. The van der Waals surface area contributed by atoms with Crippen molar-refractivity contribution in [2.45, 2.75) is 13.5 Å². The lowest BCUT2D eigenvalue weighted by Crippen LogP contribution is -2.02. The van der Waals surface area contributed by atoms with Crippen molar-refractivity contribution < 1.29 is 0 Å². The van der Waals surface area contributed by atoms with Crippen LogP contribution in [0.1, 0.15) is 16.8 Å². The minimum Gasteiger partial charge on any atom is -0.381 e. The number of terminal acetylenes is 1. The molecular formula is C15H14N2. The Balaban J connectivity index is 2.08. The van der Waals surface area contributed by atoms with Crippen LogP contribution in [0, 0.1) is 19.3 Å². The van der Waals surface area contributed by atoms with E-state index in [2.05, 4.69) is 22.3 Å². The number of anilines is 1. The van der Waals surface area contributed by atoms with Crippen LogP contribution in [0.15, 0.2) is 42.6 Å². The summed E-state index contributed by atoms with van der Waals surface area (Å²) in [6.07, 6.45) is 7.17. The van der Waals surface area contributed by atoms with E-state index in [0.717, 1.165) is 23.5 Å². The highest BCUT2D eigenvalue weighted by Gasteiger charge is 1.98. The van der Waals surface area contributed by atoms with E-state index in [1.54, 1.807) is 6.20 Å². The molecule has 17 heavy (non-hydrogen) atoms. The van der Waals surface area contributed by atoms with E-state index in [-0.39, 0.29) is 0 Å². The quantitative estimate of drug-likeness (QED) is 0.807. The van der Waals surface area contributed by atoms with Crippen molar-refractivity contribution in [3.8, 4) is 12.3 Å². The van der Waals surface area contributed by atoms with Crippen LogP contribution in [0.5, 0.6) is 0 Å². The van der Waals surface area contributed by atoms with E-state index in [9.17, 15) is 0 Å². The SMILES string of the molecule is C#Cc1cccc(NCc2cccnc2C)c1. The van der Waals surface area contributed by atoms with Gasteiger partial charge in [-0.1, -0.05) is 18.1 Å². The summed E-state index contributed by atoms with van der Waals surface area (Å²) in [6.45, 7) is 2.77. The molecule has 0 aliphatic heterocycles. The van der Waals surface area contributed by atoms with Crippen molar-refractivity contribution in [3.63, 3.8) is 0 Å². The molecule has 0 atom stereocenters. The molecule has 2 heteroatoms. The van der Waals surface area contributed by atoms with Crippen LogP contribution < -0.4 is 5.32 Å². The second kappa shape index (κ2) is 5.18. The number of pyridine rings is 1. The van der Waals surface area contributed by atoms with Gasteiger partial charge in [0.05, 0.1) is 0 Å². The topological polar surface area (TPSA) is 24.9 Å². The average Bonchev–Trinajstić information content (AvgIpc) is 2.38. The molecule has 84 valence electrons. The van der Waals surface area contributed by atoms with Crippen LogP contribution in [0.25, 0.3) is 0 Å². The normalized spacial score (nSPS) is 9.65. The Kier molecular flexibility index (Phi) is 3.42. The molecule has 1 aromatic heterocycles. The van der Waals surface area contributed by atoms with Gasteiger partial charge in [0, 0.05) is 29.7 Å². The first-order chi connectivity index (χ1) is 8.29. The third-order valence-corrected chi connectivity index (χ3v) is 2.63. The van der Waals surface area contributed by atoms with Gasteiger partial charge in [0.2, 0.25) is 0 Å². The predicted octanol–water partition coefficient (Wildman–Crippen LogP) is 2.98. The fourth-order valence-electron chi connectivity index (χ4n) is 1.62. The average molecular weight is 222 g/mol. The van der Waals surface area contributed by atoms with Crippen LogP contribution in [0.3, 0.4) is 0 Å². The first-order valence-corrected chi connectivity index (χ1v) is 5.50. The number of benzene rings is 1. The molecule has 2 rings (SSSR count). The van der Waals surface area contributed by atoms with Crippen LogP contribution in [0.2, 0.25) is 0 Å². The van der Waals surface area contributed by atoms with Gasteiger partial charge >= 0.3 is 0 Å². The molecule has 0 amide bonds. The summed E-state index contributed by atoms with van der Waals surface area (Å²) in [5.41, 5.74) is 4.16. The molecule has 0 aliphatic carbocycles. The molecule has 0 radical (unpaired) electrons. The van der Waals surface area contributed by atoms with Gasteiger partial charge in [0.1, 0.15) is 0 Å². The summed E-state index contributed by atoms with van der Waals surface area (Å²) in [7, 11) is 0. The molecular weight excluding hydrogens is 208 g/mol. The van der Waals surface area contributed by atoms with Crippen molar-refractivity contribution in [3.05, 3.63) is 59.4 Å². The Hall–Kier alpha value is -2.27. The molecule has 0 bridgehead atoms. The summed E-state index contributed by atoms with van der Waals surface area (Å²) in [5.74, 6) is 2.62. The van der Waals surface area contributed by atoms with Crippen molar-refractivity contribution in [2.24, 2.45) is 0 Å². The van der Waals surface area contributed by atoms with E-state index in [1.165, 1.54) is 5.56 Å². The minimum atomic E-state index is 0.758. The third-order valence-electron chi connectivity index (χ3n) is 2.63. The lowest BCUT2D eigenvalue weighted by atomic mass is 10.2. The Bertz CT molecular complexity index is 553. The highest BCUT2D eigenvalue weighted by atomic mass is 14.9. The molecule has 0 unspecified atom stereocenters. The number of nitrogens with one attached hydrogen (secondary N) is 1. The zero-order valence-corrected chi connectivity index (χ0v) is 9.77. The monoisotopic (exact) mass is 222 g/mol. The van der Waals surface area contributed by atoms with Crippen LogP contribution in [0.4, 0.5) is 5.69 Å². The molecule has 1 aromatic carbocycles. The van der Waals surface area contributed by atoms with E-state index >= 15 is 0 Å². The number of aromatic nitrogens is 1. The number of hydrogen-bond donors (Lipinski definition) is 1. The first kappa shape index (κ1) is 11.2. The van der Waals surface area contributed by atoms with Gasteiger partial charge in [-0.15, -0.1) is 6.42 Å². The summed E-state index contributed by atoms with van der Waals surface area (Å²) in [6, 6.07) is 11.9. The van der Waals surface area contributed by atoms with E-state index < -0.39 is 0 Å². The first-order valence-electron chi connectivity index (χ1n) is 5.50. The summed E-state index contributed by atoms with van der Waals surface area (Å²) < 4.78 is 0. The summed E-state index contributed by atoms with van der Waals surface area (Å²) in [4.78, 5) is 4.25. The van der Waals surface area contributed by atoms with Crippen molar-refractivity contribution in [2.75, 3.05) is 5.32 Å². The van der Waals surface area contributed by atoms with Crippen molar-refractivity contribution in [1.29, 1.82) is 0 Å². The van der Waals surface area contributed by atoms with Crippen LogP contribution >= 0.6 is 0 Å². The van der Waals surface area contributed by atoms with Crippen LogP contribution in [-0.4, -0.2) is 4.98 Å². The van der Waals surface area contributed by atoms with E-state index in [4.69, 9.17) is 6.42 Å². The largest absolute Gasteiger partial charge is 0.381 e. The standard InChI is InChI=1S/C15H14N2/c1-3-13-6-4-8-15(10-13)17-11-14-7-5-9-16-12(14)2/h1,4-10,17H,11H2,2H3. The zero-order chi connectivity index (χ0) is 12.1. The van der Waals surface area contributed by atoms with Gasteiger partial charge in [0.25, 0.3) is 0 Å². The van der Waals surface area contributed by atoms with Crippen molar-refractivity contribution >= 4 is 5.69 Å². The molecule has 2 nitrogen and oxygen atoms in total. The maximum absolute atomic E-state index is 5.36. The molecule has 0 saturated carbocycles. The summed E-state index contributed by atoms with van der Waals surface area (Å²) in [5, 5.41) is 3.34. The van der Waals surface area contributed by atoms with Gasteiger partial charge in [-0.2, -0.15) is 0 Å². The fourth-order valence-corrected chi connectivity index (χ4v) is 1.62. The zero-order valence-electron chi connectivity index (χ0n) is 9.77. The number of nitrogens with zero attached hydrogens (tertiary/aromatic N) is 1. The van der Waals surface area contributed by atoms with E-state index in [1.807, 2.05) is 37.3 Å². The Labute approximate surface area is 102 Å². The van der Waals surface area contributed by atoms with Gasteiger partial charge in [0.15, 0.2) is 0 Å². The van der Waals surface area contributed by atoms with E-state index in [0.29, 0.717) is 0 Å². The van der Waals surface area contributed by atoms with Gasteiger partial charge in [-0.25, -0.2) is 0 Å². The highest BCUT2D eigenvalue weighted by molar-refractivity contribution is 5.50. The molecule has 0 aliphatic rings. The highest BCUT2D eigenvalue weighted by Crippen LogP contribution is 2.12. The second-order valence-corrected chi connectivity index (χ2v) is 3.83. The summed E-state index contributed by atoms with van der Waals surface area (Å²) >= 11 is 0. The fraction of sp³-hybridized carbons (Fsp3) is 0.133. The lowest BCUT2D eigenvalue weighted by molar-refractivity contribution is 1.06. The van der Waals surface area contributed by atoms with Crippen LogP contribution in [-0.2, 0) is 6.54 Å². The maximum Gasteiger partial charge on any atom is 0.0422 e. The molecule has 1 N–H and O–H groups in total. The van der Waals surface area contributed by atoms with Gasteiger partial charge in [-0.05, 0) is 36.8 Å². The molecule has 0 saturated heterocycles. The molecule has 0 spiro atoms.